The molecule has 0 N–H and O–H groups in total. The number of nitrogens with zero attached hydrogens (tertiary/aromatic N) is 3. The van der Waals surface area contributed by atoms with E-state index in [9.17, 15) is 4.79 Å². The zero-order chi connectivity index (χ0) is 26.5. The van der Waals surface area contributed by atoms with Crippen molar-refractivity contribution in [2.45, 2.75) is 25.2 Å². The van der Waals surface area contributed by atoms with E-state index in [0.29, 0.717) is 12.2 Å². The smallest absolute Gasteiger partial charge is 0.374 e. The molecule has 0 amide bonds. The van der Waals surface area contributed by atoms with Crippen molar-refractivity contribution in [1.82, 2.24) is 4.90 Å². The number of carbonyl (C=O) groups is 1. The quantitative estimate of drug-likeness (QED) is 0.183. The van der Waals surface area contributed by atoms with Crippen LogP contribution in [-0.2, 0) is 11.2 Å². The van der Waals surface area contributed by atoms with Gasteiger partial charge in [0.15, 0.2) is 0 Å². The molecule has 2 heterocycles. The van der Waals surface area contributed by atoms with E-state index in [1.54, 1.807) is 18.9 Å². The summed E-state index contributed by atoms with van der Waals surface area (Å²) in [6, 6.07) is 25.6. The molecule has 6 nitrogen and oxygen atoms in total. The molecule has 0 radical (unpaired) electrons. The molecule has 198 valence electrons. The number of rotatable bonds is 9. The summed E-state index contributed by atoms with van der Waals surface area (Å²) in [7, 11) is 2.18. The Balaban J connectivity index is 1.42. The van der Waals surface area contributed by atoms with E-state index in [2.05, 4.69) is 87.9 Å². The number of esters is 1. The standard InChI is InChI=1S/C31H35N3O3S/c1-4-36-31(35)30-23(2)28-22-27(13-14-29(28)37-30)38-34(16-15-24-9-6-5-7-10-24)26-12-8-11-25(21-26)33-19-17-32(3)18-20-33/h5-14,21-22H,4,15-20H2,1-3H3. The lowest BCUT2D eigenvalue weighted by atomic mass is 10.1. The average Bonchev–Trinajstić information content (AvgIpc) is 3.28. The van der Waals surface area contributed by atoms with E-state index in [1.165, 1.54) is 16.9 Å². The predicted molar refractivity (Wildman–Crippen MR) is 156 cm³/mol. The highest BCUT2D eigenvalue weighted by molar-refractivity contribution is 8.00. The van der Waals surface area contributed by atoms with E-state index >= 15 is 0 Å². The fourth-order valence-electron chi connectivity index (χ4n) is 4.79. The third-order valence-corrected chi connectivity index (χ3v) is 8.10. The van der Waals surface area contributed by atoms with Crippen LogP contribution in [0.15, 0.2) is 82.1 Å². The van der Waals surface area contributed by atoms with Gasteiger partial charge in [-0.2, -0.15) is 0 Å². The minimum atomic E-state index is -0.416. The van der Waals surface area contributed by atoms with Gasteiger partial charge in [0.05, 0.1) is 6.61 Å². The lowest BCUT2D eigenvalue weighted by molar-refractivity contribution is 0.0491. The maximum Gasteiger partial charge on any atom is 0.374 e. The van der Waals surface area contributed by atoms with Crippen LogP contribution < -0.4 is 9.21 Å². The summed E-state index contributed by atoms with van der Waals surface area (Å²) in [5.41, 5.74) is 5.27. The Morgan fingerprint density at radius 1 is 1.00 bits per heavy atom. The molecule has 3 aromatic carbocycles. The second kappa shape index (κ2) is 12.0. The maximum absolute atomic E-state index is 12.3. The Morgan fingerprint density at radius 3 is 2.55 bits per heavy atom. The Bertz CT molecular complexity index is 1380. The zero-order valence-electron chi connectivity index (χ0n) is 22.4. The van der Waals surface area contributed by atoms with Crippen molar-refractivity contribution in [2.75, 3.05) is 55.6 Å². The van der Waals surface area contributed by atoms with Crippen LogP contribution in [0, 0.1) is 6.92 Å². The van der Waals surface area contributed by atoms with Gasteiger partial charge < -0.3 is 23.3 Å². The van der Waals surface area contributed by atoms with E-state index < -0.39 is 5.97 Å². The van der Waals surface area contributed by atoms with Crippen molar-refractivity contribution in [3.8, 4) is 0 Å². The number of anilines is 2. The number of likely N-dealkylation sites (N-methyl/N-ethyl adjacent to an activating group) is 1. The fourth-order valence-corrected chi connectivity index (χ4v) is 5.74. The van der Waals surface area contributed by atoms with E-state index in [0.717, 1.165) is 55.0 Å². The number of hydrogen-bond donors (Lipinski definition) is 0. The van der Waals surface area contributed by atoms with Crippen molar-refractivity contribution in [3.05, 3.63) is 89.7 Å². The predicted octanol–water partition coefficient (Wildman–Crippen LogP) is 6.43. The number of hydrogen-bond acceptors (Lipinski definition) is 7. The van der Waals surface area contributed by atoms with Crippen LogP contribution in [0.4, 0.5) is 11.4 Å². The van der Waals surface area contributed by atoms with E-state index in [4.69, 9.17) is 9.15 Å². The summed E-state index contributed by atoms with van der Waals surface area (Å²) in [6.45, 7) is 9.12. The number of fused-ring (bicyclic) bond motifs is 1. The third kappa shape index (κ3) is 6.00. The molecule has 0 unspecified atom stereocenters. The first-order chi connectivity index (χ1) is 18.5. The van der Waals surface area contributed by atoms with Gasteiger partial charge in [-0.25, -0.2) is 4.79 Å². The first-order valence-corrected chi connectivity index (χ1v) is 14.0. The maximum atomic E-state index is 12.3. The lowest BCUT2D eigenvalue weighted by Gasteiger charge is -2.34. The van der Waals surface area contributed by atoms with Gasteiger partial charge in [0, 0.05) is 59.9 Å². The Labute approximate surface area is 229 Å². The van der Waals surface area contributed by atoms with Gasteiger partial charge in [-0.1, -0.05) is 36.4 Å². The number of aryl methyl sites for hydroxylation is 1. The van der Waals surface area contributed by atoms with Crippen LogP contribution >= 0.6 is 11.9 Å². The van der Waals surface area contributed by atoms with Crippen molar-refractivity contribution < 1.29 is 13.9 Å². The average molecular weight is 530 g/mol. The molecule has 5 rings (SSSR count). The van der Waals surface area contributed by atoms with Gasteiger partial charge in [-0.05, 0) is 81.2 Å². The first kappa shape index (κ1) is 26.2. The van der Waals surface area contributed by atoms with Gasteiger partial charge in [0.25, 0.3) is 0 Å². The minimum absolute atomic E-state index is 0.282. The minimum Gasteiger partial charge on any atom is -0.460 e. The van der Waals surface area contributed by atoms with Crippen LogP contribution in [0.3, 0.4) is 0 Å². The normalized spacial score (nSPS) is 14.1. The summed E-state index contributed by atoms with van der Waals surface area (Å²) < 4.78 is 13.4. The van der Waals surface area contributed by atoms with Crippen LogP contribution in [0.2, 0.25) is 0 Å². The molecule has 1 aromatic heterocycles. The van der Waals surface area contributed by atoms with Crippen LogP contribution in [0.25, 0.3) is 11.0 Å². The Kier molecular flexibility index (Phi) is 8.25. The molecule has 1 aliphatic heterocycles. The zero-order valence-corrected chi connectivity index (χ0v) is 23.2. The van der Waals surface area contributed by atoms with Crippen LogP contribution in [0.5, 0.6) is 0 Å². The molecular formula is C31H35N3O3S. The molecule has 0 saturated carbocycles. The molecule has 0 bridgehead atoms. The summed E-state index contributed by atoms with van der Waals surface area (Å²) in [5, 5.41) is 0.937. The molecule has 0 atom stereocenters. The summed E-state index contributed by atoms with van der Waals surface area (Å²) in [5.74, 6) is -0.134. The van der Waals surface area contributed by atoms with Crippen molar-refractivity contribution in [1.29, 1.82) is 0 Å². The topological polar surface area (TPSA) is 49.2 Å². The third-order valence-electron chi connectivity index (χ3n) is 7.02. The van der Waals surface area contributed by atoms with Gasteiger partial charge in [-0.15, -0.1) is 0 Å². The largest absolute Gasteiger partial charge is 0.460 e. The fraction of sp³-hybridized carbons (Fsp3) is 0.323. The molecule has 1 saturated heterocycles. The van der Waals surface area contributed by atoms with Gasteiger partial charge in [0.1, 0.15) is 5.58 Å². The summed E-state index contributed by atoms with van der Waals surface area (Å²) >= 11 is 1.72. The van der Waals surface area contributed by atoms with E-state index in [1.807, 2.05) is 13.0 Å². The Morgan fingerprint density at radius 2 is 1.79 bits per heavy atom. The van der Waals surface area contributed by atoms with Gasteiger partial charge in [-0.3, -0.25) is 0 Å². The number of benzene rings is 3. The molecular weight excluding hydrogens is 494 g/mol. The van der Waals surface area contributed by atoms with Gasteiger partial charge >= 0.3 is 5.97 Å². The SMILES string of the molecule is CCOC(=O)c1oc2ccc(SN(CCc3ccccc3)c3cccc(N4CCN(C)CC4)c3)cc2c1C. The Hall–Kier alpha value is -3.42. The number of ether oxygens (including phenoxy) is 1. The van der Waals surface area contributed by atoms with Crippen molar-refractivity contribution in [2.24, 2.45) is 0 Å². The van der Waals surface area contributed by atoms with Crippen molar-refractivity contribution in [3.63, 3.8) is 0 Å². The highest BCUT2D eigenvalue weighted by Crippen LogP contribution is 2.35. The lowest BCUT2D eigenvalue weighted by Crippen LogP contribution is -2.44. The monoisotopic (exact) mass is 529 g/mol. The highest BCUT2D eigenvalue weighted by atomic mass is 32.2. The van der Waals surface area contributed by atoms with Crippen LogP contribution in [-0.4, -0.2) is 57.2 Å². The molecule has 7 heteroatoms. The van der Waals surface area contributed by atoms with Crippen LogP contribution in [0.1, 0.15) is 28.6 Å². The summed E-state index contributed by atoms with van der Waals surface area (Å²) in [4.78, 5) is 18.3. The molecule has 4 aromatic rings. The number of piperazine rings is 1. The first-order valence-electron chi connectivity index (χ1n) is 13.2. The van der Waals surface area contributed by atoms with Crippen molar-refractivity contribution >= 4 is 40.3 Å². The number of carbonyl (C=O) groups excluding carboxylic acids is 1. The molecule has 38 heavy (non-hydrogen) atoms. The molecule has 1 fully saturated rings. The molecule has 0 aliphatic carbocycles. The number of furan rings is 1. The summed E-state index contributed by atoms with van der Waals surface area (Å²) in [6.07, 6.45) is 0.937. The van der Waals surface area contributed by atoms with Gasteiger partial charge in [0.2, 0.25) is 5.76 Å². The second-order valence-corrected chi connectivity index (χ2v) is 10.8. The van der Waals surface area contributed by atoms with E-state index in [-0.39, 0.29) is 5.76 Å². The molecule has 1 aliphatic rings. The second-order valence-electron chi connectivity index (χ2n) is 9.67. The highest BCUT2D eigenvalue weighted by Gasteiger charge is 2.20. The molecule has 0 spiro atoms.